The van der Waals surface area contributed by atoms with Gasteiger partial charge in [0.25, 0.3) is 0 Å². The van der Waals surface area contributed by atoms with Crippen LogP contribution in [-0.4, -0.2) is 48.0 Å². The van der Waals surface area contributed by atoms with Gasteiger partial charge in [-0.15, -0.1) is 24.8 Å². The quantitative estimate of drug-likeness (QED) is 0.855. The van der Waals surface area contributed by atoms with Gasteiger partial charge in [-0.25, -0.2) is 4.98 Å². The molecule has 1 aromatic rings. The van der Waals surface area contributed by atoms with E-state index in [1.807, 2.05) is 17.0 Å². The van der Waals surface area contributed by atoms with E-state index in [-0.39, 0.29) is 36.8 Å². The average Bonchev–Trinajstić information content (AvgIpc) is 2.93. The fourth-order valence-corrected chi connectivity index (χ4v) is 3.52. The Morgan fingerprint density at radius 2 is 1.92 bits per heavy atom. The largest absolute Gasteiger partial charge is 0.353 e. The van der Waals surface area contributed by atoms with Gasteiger partial charge in [0.05, 0.1) is 5.02 Å². The molecule has 8 heteroatoms. The SMILES string of the molecule is Cl.Cl.N[C@@H]1CCC[C@H]1CC(=O)N1CCN(c2ccc(Cl)cn2)CC1. The number of hydrogen-bond acceptors (Lipinski definition) is 4. The van der Waals surface area contributed by atoms with Gasteiger partial charge in [0.1, 0.15) is 5.82 Å². The summed E-state index contributed by atoms with van der Waals surface area (Å²) in [7, 11) is 0. The second kappa shape index (κ2) is 9.66. The van der Waals surface area contributed by atoms with Gasteiger partial charge in [-0.2, -0.15) is 0 Å². The van der Waals surface area contributed by atoms with Crippen molar-refractivity contribution in [2.45, 2.75) is 31.7 Å². The standard InChI is InChI=1S/C16H23ClN4O.2ClH/c17-13-4-5-15(19-11-13)20-6-8-21(9-7-20)16(22)10-12-2-1-3-14(12)18;;/h4-5,11-12,14H,1-3,6-10,18H2;2*1H/t12-,14+;;/m0../s1. The fraction of sp³-hybridized carbons (Fsp3) is 0.625. The van der Waals surface area contributed by atoms with Crippen molar-refractivity contribution in [2.24, 2.45) is 11.7 Å². The molecule has 0 radical (unpaired) electrons. The number of aromatic nitrogens is 1. The molecule has 136 valence electrons. The van der Waals surface area contributed by atoms with Gasteiger partial charge in [-0.05, 0) is 30.9 Å². The lowest BCUT2D eigenvalue weighted by molar-refractivity contribution is -0.132. The third kappa shape index (κ3) is 5.12. The predicted octanol–water partition coefficient (Wildman–Crippen LogP) is 2.74. The minimum Gasteiger partial charge on any atom is -0.353 e. The van der Waals surface area contributed by atoms with Crippen LogP contribution in [0.15, 0.2) is 18.3 Å². The molecule has 1 aliphatic carbocycles. The highest BCUT2D eigenvalue weighted by Crippen LogP contribution is 2.27. The number of rotatable bonds is 3. The van der Waals surface area contributed by atoms with Crippen LogP contribution in [0.1, 0.15) is 25.7 Å². The van der Waals surface area contributed by atoms with Gasteiger partial charge in [-0.1, -0.05) is 18.0 Å². The van der Waals surface area contributed by atoms with Crippen molar-refractivity contribution >= 4 is 48.1 Å². The van der Waals surface area contributed by atoms with E-state index < -0.39 is 0 Å². The number of piperazine rings is 1. The van der Waals surface area contributed by atoms with Crippen molar-refractivity contribution in [3.8, 4) is 0 Å². The van der Waals surface area contributed by atoms with Crippen molar-refractivity contribution in [3.05, 3.63) is 23.4 Å². The molecule has 1 aromatic heterocycles. The second-order valence-corrected chi connectivity index (χ2v) is 6.70. The van der Waals surface area contributed by atoms with Crippen molar-refractivity contribution in [1.82, 2.24) is 9.88 Å². The Bertz CT molecular complexity index is 521. The average molecular weight is 396 g/mol. The predicted molar refractivity (Wildman–Crippen MR) is 102 cm³/mol. The molecule has 2 aliphatic rings. The summed E-state index contributed by atoms with van der Waals surface area (Å²) in [6, 6.07) is 3.99. The summed E-state index contributed by atoms with van der Waals surface area (Å²) < 4.78 is 0. The number of nitrogens with zero attached hydrogens (tertiary/aromatic N) is 3. The highest BCUT2D eigenvalue weighted by Gasteiger charge is 2.29. The molecule has 0 spiro atoms. The molecule has 1 saturated carbocycles. The van der Waals surface area contributed by atoms with E-state index in [1.165, 1.54) is 0 Å². The number of nitrogens with two attached hydrogens (primary N) is 1. The molecule has 1 saturated heterocycles. The molecule has 2 fully saturated rings. The summed E-state index contributed by atoms with van der Waals surface area (Å²) in [5.41, 5.74) is 6.07. The summed E-state index contributed by atoms with van der Waals surface area (Å²) in [6.45, 7) is 3.14. The van der Waals surface area contributed by atoms with Crippen LogP contribution in [0, 0.1) is 5.92 Å². The molecule has 24 heavy (non-hydrogen) atoms. The molecule has 5 nitrogen and oxygen atoms in total. The summed E-state index contributed by atoms with van der Waals surface area (Å²) in [5, 5.41) is 0.644. The third-order valence-electron chi connectivity index (χ3n) is 4.82. The Morgan fingerprint density at radius 3 is 2.46 bits per heavy atom. The molecule has 2 heterocycles. The number of carbonyl (C=O) groups excluding carboxylic acids is 1. The van der Waals surface area contributed by atoms with Crippen molar-refractivity contribution in [1.29, 1.82) is 0 Å². The molecule has 3 rings (SSSR count). The van der Waals surface area contributed by atoms with E-state index in [9.17, 15) is 4.79 Å². The van der Waals surface area contributed by atoms with Crippen LogP contribution in [0.2, 0.25) is 5.02 Å². The molecular weight excluding hydrogens is 371 g/mol. The normalized spacial score (nSPS) is 23.4. The van der Waals surface area contributed by atoms with Crippen LogP contribution < -0.4 is 10.6 Å². The zero-order valence-electron chi connectivity index (χ0n) is 13.6. The fourth-order valence-electron chi connectivity index (χ4n) is 3.41. The number of anilines is 1. The number of carbonyl (C=O) groups is 1. The monoisotopic (exact) mass is 394 g/mol. The molecule has 2 N–H and O–H groups in total. The molecule has 1 aliphatic heterocycles. The first kappa shape index (κ1) is 21.3. The Balaban J connectivity index is 0.00000144. The maximum absolute atomic E-state index is 12.4. The van der Waals surface area contributed by atoms with E-state index in [2.05, 4.69) is 9.88 Å². The first-order valence-electron chi connectivity index (χ1n) is 8.03. The van der Waals surface area contributed by atoms with Crippen LogP contribution in [0.3, 0.4) is 0 Å². The van der Waals surface area contributed by atoms with Crippen LogP contribution in [0.25, 0.3) is 0 Å². The van der Waals surface area contributed by atoms with E-state index in [4.69, 9.17) is 17.3 Å². The molecule has 1 amide bonds. The van der Waals surface area contributed by atoms with E-state index in [0.717, 1.165) is 51.3 Å². The molecule has 0 aromatic carbocycles. The van der Waals surface area contributed by atoms with E-state index in [1.54, 1.807) is 6.20 Å². The molecular formula is C16H25Cl3N4O. The van der Waals surface area contributed by atoms with Crippen LogP contribution in [0.4, 0.5) is 5.82 Å². The third-order valence-corrected chi connectivity index (χ3v) is 5.05. The Morgan fingerprint density at radius 1 is 1.21 bits per heavy atom. The van der Waals surface area contributed by atoms with Gasteiger partial charge in [0.15, 0.2) is 0 Å². The Kier molecular flexibility index (Phi) is 8.57. The maximum Gasteiger partial charge on any atom is 0.223 e. The summed E-state index contributed by atoms with van der Waals surface area (Å²) in [6.07, 6.45) is 5.60. The van der Waals surface area contributed by atoms with Crippen molar-refractivity contribution in [2.75, 3.05) is 31.1 Å². The minimum absolute atomic E-state index is 0. The smallest absolute Gasteiger partial charge is 0.223 e. The van der Waals surface area contributed by atoms with Crippen molar-refractivity contribution in [3.63, 3.8) is 0 Å². The van der Waals surface area contributed by atoms with Crippen LogP contribution in [-0.2, 0) is 4.79 Å². The first-order valence-corrected chi connectivity index (χ1v) is 8.41. The van der Waals surface area contributed by atoms with Gasteiger partial charge >= 0.3 is 0 Å². The van der Waals surface area contributed by atoms with E-state index in [0.29, 0.717) is 17.4 Å². The summed E-state index contributed by atoms with van der Waals surface area (Å²) >= 11 is 5.86. The lowest BCUT2D eigenvalue weighted by Crippen LogP contribution is -2.49. The number of pyridine rings is 1. The Hall–Kier alpha value is -0.750. The first-order chi connectivity index (χ1) is 10.6. The topological polar surface area (TPSA) is 62.5 Å². The number of halogens is 3. The van der Waals surface area contributed by atoms with E-state index >= 15 is 0 Å². The molecule has 0 bridgehead atoms. The summed E-state index contributed by atoms with van der Waals surface area (Å²) in [4.78, 5) is 20.9. The lowest BCUT2D eigenvalue weighted by atomic mass is 9.99. The van der Waals surface area contributed by atoms with Gasteiger partial charge in [0.2, 0.25) is 5.91 Å². The minimum atomic E-state index is 0. The van der Waals surface area contributed by atoms with Gasteiger partial charge in [-0.3, -0.25) is 4.79 Å². The highest BCUT2D eigenvalue weighted by molar-refractivity contribution is 6.30. The zero-order chi connectivity index (χ0) is 15.5. The Labute approximate surface area is 160 Å². The van der Waals surface area contributed by atoms with Gasteiger partial charge in [0, 0.05) is 44.8 Å². The maximum atomic E-state index is 12.4. The van der Waals surface area contributed by atoms with Crippen LogP contribution in [0.5, 0.6) is 0 Å². The number of hydrogen-bond donors (Lipinski definition) is 1. The molecule has 2 atom stereocenters. The van der Waals surface area contributed by atoms with Gasteiger partial charge < -0.3 is 15.5 Å². The van der Waals surface area contributed by atoms with Crippen molar-refractivity contribution < 1.29 is 4.79 Å². The second-order valence-electron chi connectivity index (χ2n) is 6.26. The summed E-state index contributed by atoms with van der Waals surface area (Å²) in [5.74, 6) is 1.56. The molecule has 0 unspecified atom stereocenters. The number of amides is 1. The lowest BCUT2D eigenvalue weighted by Gasteiger charge is -2.36. The highest BCUT2D eigenvalue weighted by atomic mass is 35.5. The van der Waals surface area contributed by atoms with Crippen LogP contribution >= 0.6 is 36.4 Å². The zero-order valence-corrected chi connectivity index (χ0v) is 16.0.